The smallest absolute Gasteiger partial charge is 0.386 e. The molecule has 2 fully saturated rings. The van der Waals surface area contributed by atoms with E-state index in [4.69, 9.17) is 11.1 Å². The average molecular weight is 514 g/mol. The van der Waals surface area contributed by atoms with E-state index < -0.39 is 17.6 Å². The number of fused-ring (bicyclic) bond motifs is 2. The Morgan fingerprint density at radius 1 is 1.27 bits per heavy atom. The van der Waals surface area contributed by atoms with Gasteiger partial charge in [0.15, 0.2) is 0 Å². The second kappa shape index (κ2) is 10.0. The van der Waals surface area contributed by atoms with Crippen molar-refractivity contribution in [3.05, 3.63) is 58.6 Å². The topological polar surface area (TPSA) is 120 Å². The van der Waals surface area contributed by atoms with Crippen LogP contribution in [0.3, 0.4) is 0 Å². The molecule has 1 saturated carbocycles. The number of anilines is 2. The Labute approximate surface area is 213 Å². The molecule has 1 amide bonds. The van der Waals surface area contributed by atoms with Crippen molar-refractivity contribution in [2.24, 2.45) is 11.8 Å². The van der Waals surface area contributed by atoms with Gasteiger partial charge in [-0.05, 0) is 61.6 Å². The lowest BCUT2D eigenvalue weighted by atomic mass is 10.1. The third-order valence-electron chi connectivity index (χ3n) is 7.48. The van der Waals surface area contributed by atoms with E-state index in [1.54, 1.807) is 6.07 Å². The number of nitrogens with one attached hydrogen (secondary N) is 3. The maximum atomic E-state index is 13.9. The van der Waals surface area contributed by atoms with Crippen molar-refractivity contribution in [2.75, 3.05) is 23.7 Å². The van der Waals surface area contributed by atoms with Gasteiger partial charge in [0.05, 0.1) is 17.2 Å². The van der Waals surface area contributed by atoms with Crippen LogP contribution in [0, 0.1) is 17.2 Å². The van der Waals surface area contributed by atoms with Gasteiger partial charge in [0, 0.05) is 49.5 Å². The van der Waals surface area contributed by atoms with E-state index >= 15 is 0 Å². The van der Waals surface area contributed by atoms with Crippen molar-refractivity contribution in [3.8, 4) is 0 Å². The molecule has 2 unspecified atom stereocenters. The summed E-state index contributed by atoms with van der Waals surface area (Å²) in [7, 11) is 0. The molecule has 196 valence electrons. The Bertz CT molecular complexity index is 1230. The fraction of sp³-hybridized carbons (Fsp3) is 0.462. The molecule has 2 aromatic heterocycles. The number of carbonyl (C=O) groups is 1. The van der Waals surface area contributed by atoms with Gasteiger partial charge in [-0.1, -0.05) is 6.07 Å². The van der Waals surface area contributed by atoms with Crippen LogP contribution in [0.15, 0.2) is 36.2 Å². The van der Waals surface area contributed by atoms with E-state index in [-0.39, 0.29) is 23.7 Å². The molecule has 3 heterocycles. The number of hydrogen-bond acceptors (Lipinski definition) is 7. The molecule has 3 atom stereocenters. The highest BCUT2D eigenvalue weighted by atomic mass is 19.4. The molecule has 1 aliphatic heterocycles. The number of rotatable bonds is 7. The van der Waals surface area contributed by atoms with Gasteiger partial charge in [-0.2, -0.15) is 13.2 Å². The Balaban J connectivity index is 1.26. The predicted octanol–water partition coefficient (Wildman–Crippen LogP) is 3.74. The first-order valence-electron chi connectivity index (χ1n) is 12.5. The molecule has 37 heavy (non-hydrogen) atoms. The highest BCUT2D eigenvalue weighted by molar-refractivity contribution is 6.11. The molecule has 0 aromatic carbocycles. The van der Waals surface area contributed by atoms with Crippen LogP contribution in [0.1, 0.15) is 54.1 Å². The van der Waals surface area contributed by atoms with E-state index in [2.05, 4.69) is 20.6 Å². The van der Waals surface area contributed by atoms with Crippen molar-refractivity contribution in [1.29, 1.82) is 5.41 Å². The predicted molar refractivity (Wildman–Crippen MR) is 134 cm³/mol. The van der Waals surface area contributed by atoms with E-state index in [1.165, 1.54) is 12.4 Å². The lowest BCUT2D eigenvalue weighted by Gasteiger charge is -2.24. The summed E-state index contributed by atoms with van der Waals surface area (Å²) in [6.07, 6.45) is 3.42. The summed E-state index contributed by atoms with van der Waals surface area (Å²) in [6, 6.07) is 4.36. The van der Waals surface area contributed by atoms with Gasteiger partial charge in [0.1, 0.15) is 11.6 Å². The molecule has 0 radical (unpaired) electrons. The van der Waals surface area contributed by atoms with Gasteiger partial charge in [-0.25, -0.2) is 9.97 Å². The SMILES string of the molecule is N=C/C(=C\NCc1cnc(N2CCCC3CC3C2)cc1C(F)(F)F)C(=O)N[C@@H]1CCc2nc(N)ccc21. The highest BCUT2D eigenvalue weighted by Crippen LogP contribution is 2.45. The van der Waals surface area contributed by atoms with Crippen LogP contribution in [0.5, 0.6) is 0 Å². The summed E-state index contributed by atoms with van der Waals surface area (Å²) < 4.78 is 41.7. The Morgan fingerprint density at radius 3 is 2.89 bits per heavy atom. The summed E-state index contributed by atoms with van der Waals surface area (Å²) in [5, 5.41) is 13.3. The third-order valence-corrected chi connectivity index (χ3v) is 7.48. The molecule has 5 rings (SSSR count). The summed E-state index contributed by atoms with van der Waals surface area (Å²) in [5.41, 5.74) is 6.66. The van der Waals surface area contributed by atoms with Crippen molar-refractivity contribution in [3.63, 3.8) is 0 Å². The van der Waals surface area contributed by atoms with Gasteiger partial charge in [-0.3, -0.25) is 4.79 Å². The van der Waals surface area contributed by atoms with Crippen LogP contribution in [0.2, 0.25) is 0 Å². The quantitative estimate of drug-likeness (QED) is 0.331. The monoisotopic (exact) mass is 513 g/mol. The average Bonchev–Trinajstić information content (AvgIpc) is 3.53. The lowest BCUT2D eigenvalue weighted by Crippen LogP contribution is -2.30. The van der Waals surface area contributed by atoms with Crippen LogP contribution < -0.4 is 21.3 Å². The van der Waals surface area contributed by atoms with Crippen molar-refractivity contribution in [1.82, 2.24) is 20.6 Å². The molecule has 5 N–H and O–H groups in total. The van der Waals surface area contributed by atoms with Crippen LogP contribution in [0.25, 0.3) is 0 Å². The summed E-state index contributed by atoms with van der Waals surface area (Å²) in [5.74, 6) is 1.54. The van der Waals surface area contributed by atoms with Gasteiger partial charge in [0.25, 0.3) is 5.91 Å². The fourth-order valence-corrected chi connectivity index (χ4v) is 5.38. The molecule has 11 heteroatoms. The normalized spacial score (nSPS) is 23.1. The lowest BCUT2D eigenvalue weighted by molar-refractivity contribution is -0.138. The van der Waals surface area contributed by atoms with Crippen LogP contribution >= 0.6 is 0 Å². The second-order valence-electron chi connectivity index (χ2n) is 10.0. The Hall–Kier alpha value is -3.63. The second-order valence-corrected chi connectivity index (χ2v) is 10.0. The molecule has 2 aliphatic carbocycles. The van der Waals surface area contributed by atoms with Gasteiger partial charge in [-0.15, -0.1) is 0 Å². The number of aromatic nitrogens is 2. The molecule has 3 aliphatic rings. The number of nitrogens with two attached hydrogens (primary N) is 1. The molecule has 2 aromatic rings. The number of carbonyl (C=O) groups excluding carboxylic acids is 1. The van der Waals surface area contributed by atoms with Crippen molar-refractivity contribution < 1.29 is 18.0 Å². The number of nitrogen functional groups attached to an aromatic ring is 1. The number of hydrogen-bond donors (Lipinski definition) is 4. The number of pyridine rings is 2. The number of amides is 1. The fourth-order valence-electron chi connectivity index (χ4n) is 5.38. The van der Waals surface area contributed by atoms with Crippen molar-refractivity contribution >= 4 is 23.8 Å². The summed E-state index contributed by atoms with van der Waals surface area (Å²) >= 11 is 0. The standard InChI is InChI=1S/C26H30F3N7O/c27-26(28,29)20-9-24(36-7-1-2-15-8-16(15)14-36)33-13-18(20)12-32-11-17(10-30)25(37)35-22-5-4-21-19(22)3-6-23(31)34-21/h3,6,9-11,13,15-16,22,30,32H,1-2,4-5,7-8,12,14H2,(H2,31,34)(H,35,37)/b17-11+,30-10?/t15?,16?,22-/m1/s1. The highest BCUT2D eigenvalue weighted by Gasteiger charge is 2.40. The van der Waals surface area contributed by atoms with E-state index in [9.17, 15) is 18.0 Å². The molecular formula is C26H30F3N7O. The first-order chi connectivity index (χ1) is 17.7. The first kappa shape index (κ1) is 25.0. The number of nitrogens with zero attached hydrogens (tertiary/aromatic N) is 3. The Morgan fingerprint density at radius 2 is 2.11 bits per heavy atom. The van der Waals surface area contributed by atoms with E-state index in [0.29, 0.717) is 42.9 Å². The largest absolute Gasteiger partial charge is 0.416 e. The van der Waals surface area contributed by atoms with Gasteiger partial charge in [0.2, 0.25) is 0 Å². The molecule has 0 spiro atoms. The zero-order valence-electron chi connectivity index (χ0n) is 20.3. The van der Waals surface area contributed by atoms with Crippen molar-refractivity contribution in [2.45, 2.75) is 50.9 Å². The number of aryl methyl sites for hydroxylation is 1. The molecule has 1 saturated heterocycles. The van der Waals surface area contributed by atoms with Gasteiger partial charge < -0.3 is 26.7 Å². The number of alkyl halides is 3. The van der Waals surface area contributed by atoms with Crippen LogP contribution in [0.4, 0.5) is 24.8 Å². The zero-order chi connectivity index (χ0) is 26.2. The van der Waals surface area contributed by atoms with Crippen LogP contribution in [-0.2, 0) is 23.9 Å². The third kappa shape index (κ3) is 5.55. The molecular weight excluding hydrogens is 483 g/mol. The maximum Gasteiger partial charge on any atom is 0.416 e. The van der Waals surface area contributed by atoms with Crippen LogP contribution in [-0.4, -0.2) is 35.2 Å². The maximum absolute atomic E-state index is 13.9. The Kier molecular flexibility index (Phi) is 6.78. The minimum absolute atomic E-state index is 0.00135. The van der Waals surface area contributed by atoms with Gasteiger partial charge >= 0.3 is 6.18 Å². The summed E-state index contributed by atoms with van der Waals surface area (Å²) in [6.45, 7) is 1.28. The number of halogens is 3. The van der Waals surface area contributed by atoms with E-state index in [1.807, 2.05) is 11.0 Å². The first-order valence-corrected chi connectivity index (χ1v) is 12.5. The minimum Gasteiger partial charge on any atom is -0.386 e. The molecule has 0 bridgehead atoms. The summed E-state index contributed by atoms with van der Waals surface area (Å²) in [4.78, 5) is 23.3. The minimum atomic E-state index is -4.54. The zero-order valence-corrected chi connectivity index (χ0v) is 20.3. The van der Waals surface area contributed by atoms with E-state index in [0.717, 1.165) is 49.3 Å². The molecule has 8 nitrogen and oxygen atoms in total.